The molecular formula is C14H23NO4S. The van der Waals surface area contributed by atoms with Crippen molar-refractivity contribution in [3.8, 4) is 5.75 Å². The maximum atomic E-state index is 12.6. The predicted molar refractivity (Wildman–Crippen MR) is 78.3 cm³/mol. The molecule has 20 heavy (non-hydrogen) atoms. The van der Waals surface area contributed by atoms with E-state index < -0.39 is 10.0 Å². The maximum absolute atomic E-state index is 12.6. The minimum absolute atomic E-state index is 0.0258. The molecule has 6 heteroatoms. The molecule has 0 bridgehead atoms. The zero-order chi connectivity index (χ0) is 15.2. The number of benzene rings is 1. The summed E-state index contributed by atoms with van der Waals surface area (Å²) in [5, 5.41) is 8.89. The van der Waals surface area contributed by atoms with Gasteiger partial charge in [-0.25, -0.2) is 8.42 Å². The van der Waals surface area contributed by atoms with Gasteiger partial charge in [-0.05, 0) is 51.5 Å². The van der Waals surface area contributed by atoms with Crippen LogP contribution in [0.25, 0.3) is 0 Å². The number of rotatable bonds is 8. The van der Waals surface area contributed by atoms with E-state index in [1.165, 1.54) is 4.31 Å². The lowest BCUT2D eigenvalue weighted by atomic mass is 10.3. The zero-order valence-corrected chi connectivity index (χ0v) is 13.1. The van der Waals surface area contributed by atoms with Crippen LogP contribution in [0.15, 0.2) is 29.2 Å². The van der Waals surface area contributed by atoms with Crippen molar-refractivity contribution in [2.24, 2.45) is 0 Å². The first-order valence-electron chi connectivity index (χ1n) is 6.79. The second kappa shape index (κ2) is 7.61. The summed E-state index contributed by atoms with van der Waals surface area (Å²) in [7, 11) is -3.54. The van der Waals surface area contributed by atoms with Gasteiger partial charge in [0, 0.05) is 19.2 Å². The molecule has 0 saturated carbocycles. The quantitative estimate of drug-likeness (QED) is 0.796. The summed E-state index contributed by atoms with van der Waals surface area (Å²) >= 11 is 0. The molecule has 0 aliphatic heterocycles. The normalized spacial score (nSPS) is 12.1. The Balaban J connectivity index is 3.00. The number of hydrogen-bond donors (Lipinski definition) is 1. The van der Waals surface area contributed by atoms with Gasteiger partial charge < -0.3 is 9.84 Å². The third-order valence-electron chi connectivity index (χ3n) is 2.85. The van der Waals surface area contributed by atoms with Crippen LogP contribution in [0.2, 0.25) is 0 Å². The average Bonchev–Trinajstić information content (AvgIpc) is 2.39. The van der Waals surface area contributed by atoms with E-state index in [2.05, 4.69) is 0 Å². The van der Waals surface area contributed by atoms with Crippen molar-refractivity contribution >= 4 is 10.0 Å². The molecule has 1 aromatic carbocycles. The fourth-order valence-corrected chi connectivity index (χ4v) is 3.57. The van der Waals surface area contributed by atoms with Crippen LogP contribution in [0.1, 0.15) is 27.2 Å². The van der Waals surface area contributed by atoms with E-state index >= 15 is 0 Å². The van der Waals surface area contributed by atoms with Crippen LogP contribution >= 0.6 is 0 Å². The molecular weight excluding hydrogens is 278 g/mol. The van der Waals surface area contributed by atoms with Crippen LogP contribution < -0.4 is 4.74 Å². The first kappa shape index (κ1) is 16.9. The zero-order valence-electron chi connectivity index (χ0n) is 12.2. The van der Waals surface area contributed by atoms with Crippen LogP contribution in [-0.4, -0.2) is 43.6 Å². The summed E-state index contributed by atoms with van der Waals surface area (Å²) in [6.07, 6.45) is 0.425. The number of aliphatic hydroxyl groups excluding tert-OH is 1. The topological polar surface area (TPSA) is 66.8 Å². The van der Waals surface area contributed by atoms with Gasteiger partial charge in [-0.2, -0.15) is 4.31 Å². The Bertz CT molecular complexity index is 496. The first-order valence-corrected chi connectivity index (χ1v) is 8.23. The molecule has 0 aliphatic rings. The minimum atomic E-state index is -3.54. The molecule has 114 valence electrons. The van der Waals surface area contributed by atoms with Crippen LogP contribution in [0.3, 0.4) is 0 Å². The highest BCUT2D eigenvalue weighted by molar-refractivity contribution is 7.89. The largest absolute Gasteiger partial charge is 0.494 e. The van der Waals surface area contributed by atoms with Crippen molar-refractivity contribution in [3.63, 3.8) is 0 Å². The van der Waals surface area contributed by atoms with E-state index in [0.717, 1.165) is 0 Å². The van der Waals surface area contributed by atoms with E-state index in [4.69, 9.17) is 9.84 Å². The molecule has 0 saturated heterocycles. The lowest BCUT2D eigenvalue weighted by Crippen LogP contribution is -2.38. The highest BCUT2D eigenvalue weighted by atomic mass is 32.2. The number of aliphatic hydroxyl groups is 1. The number of ether oxygens (including phenoxy) is 1. The first-order chi connectivity index (χ1) is 9.43. The average molecular weight is 301 g/mol. The van der Waals surface area contributed by atoms with Gasteiger partial charge in [-0.3, -0.25) is 0 Å². The smallest absolute Gasteiger partial charge is 0.243 e. The Kier molecular flexibility index (Phi) is 6.45. The molecule has 0 atom stereocenters. The van der Waals surface area contributed by atoms with Crippen molar-refractivity contribution in [2.75, 3.05) is 19.8 Å². The van der Waals surface area contributed by atoms with Crippen LogP contribution in [0, 0.1) is 0 Å². The van der Waals surface area contributed by atoms with Gasteiger partial charge in [0.15, 0.2) is 0 Å². The second-order valence-corrected chi connectivity index (χ2v) is 6.58. The van der Waals surface area contributed by atoms with E-state index in [-0.39, 0.29) is 17.5 Å². The number of nitrogens with zero attached hydrogens (tertiary/aromatic N) is 1. The summed E-state index contributed by atoms with van der Waals surface area (Å²) in [5.74, 6) is 0.651. The van der Waals surface area contributed by atoms with Crippen molar-refractivity contribution in [3.05, 3.63) is 24.3 Å². The van der Waals surface area contributed by atoms with Gasteiger partial charge in [-0.15, -0.1) is 0 Å². The third-order valence-corrected chi connectivity index (χ3v) is 4.94. The summed E-state index contributed by atoms with van der Waals surface area (Å²) in [6.45, 7) is 6.35. The molecule has 0 unspecified atom stereocenters. The van der Waals surface area contributed by atoms with E-state index in [1.54, 1.807) is 24.3 Å². The van der Waals surface area contributed by atoms with Gasteiger partial charge in [0.1, 0.15) is 5.75 Å². The molecule has 0 fully saturated rings. The van der Waals surface area contributed by atoms with Gasteiger partial charge in [-0.1, -0.05) is 0 Å². The number of hydrogen-bond acceptors (Lipinski definition) is 4. The van der Waals surface area contributed by atoms with E-state index in [0.29, 0.717) is 25.3 Å². The Labute approximate surface area is 121 Å². The summed E-state index contributed by atoms with van der Waals surface area (Å²) in [4.78, 5) is 0.243. The van der Waals surface area contributed by atoms with Crippen molar-refractivity contribution in [2.45, 2.75) is 38.1 Å². The molecule has 1 aromatic rings. The van der Waals surface area contributed by atoms with Crippen LogP contribution in [0.4, 0.5) is 0 Å². The molecule has 0 amide bonds. The van der Waals surface area contributed by atoms with Crippen molar-refractivity contribution in [1.29, 1.82) is 0 Å². The Morgan fingerprint density at radius 1 is 1.25 bits per heavy atom. The number of sulfonamides is 1. The van der Waals surface area contributed by atoms with Gasteiger partial charge >= 0.3 is 0 Å². The Morgan fingerprint density at radius 2 is 1.85 bits per heavy atom. The lowest BCUT2D eigenvalue weighted by molar-refractivity contribution is 0.258. The van der Waals surface area contributed by atoms with Crippen LogP contribution in [-0.2, 0) is 10.0 Å². The molecule has 5 nitrogen and oxygen atoms in total. The molecule has 0 heterocycles. The molecule has 0 aliphatic carbocycles. The van der Waals surface area contributed by atoms with E-state index in [1.807, 2.05) is 20.8 Å². The van der Waals surface area contributed by atoms with Crippen molar-refractivity contribution < 1.29 is 18.3 Å². The third kappa shape index (κ3) is 4.19. The van der Waals surface area contributed by atoms with Gasteiger partial charge in [0.05, 0.1) is 11.5 Å². The fraction of sp³-hybridized carbons (Fsp3) is 0.571. The van der Waals surface area contributed by atoms with E-state index in [9.17, 15) is 8.42 Å². The minimum Gasteiger partial charge on any atom is -0.494 e. The lowest BCUT2D eigenvalue weighted by Gasteiger charge is -2.25. The Morgan fingerprint density at radius 3 is 2.30 bits per heavy atom. The summed E-state index contributed by atoms with van der Waals surface area (Å²) in [6, 6.07) is 6.25. The molecule has 0 spiro atoms. The highest BCUT2D eigenvalue weighted by Gasteiger charge is 2.26. The summed E-state index contributed by atoms with van der Waals surface area (Å²) < 4.78 is 31.8. The molecule has 0 aromatic heterocycles. The van der Waals surface area contributed by atoms with Gasteiger partial charge in [0.25, 0.3) is 0 Å². The maximum Gasteiger partial charge on any atom is 0.243 e. The SMILES string of the molecule is CCOc1ccc(S(=O)(=O)N(CCCO)C(C)C)cc1. The fourth-order valence-electron chi connectivity index (χ4n) is 1.89. The molecule has 1 N–H and O–H groups in total. The Hall–Kier alpha value is -1.11. The molecule has 0 radical (unpaired) electrons. The predicted octanol–water partition coefficient (Wildman–Crippen LogP) is 1.87. The molecule has 1 rings (SSSR count). The monoisotopic (exact) mass is 301 g/mol. The highest BCUT2D eigenvalue weighted by Crippen LogP contribution is 2.21. The van der Waals surface area contributed by atoms with Crippen molar-refractivity contribution in [1.82, 2.24) is 4.31 Å². The summed E-state index contributed by atoms with van der Waals surface area (Å²) in [5.41, 5.74) is 0. The van der Waals surface area contributed by atoms with Gasteiger partial charge in [0.2, 0.25) is 10.0 Å². The standard InChI is InChI=1S/C14H23NO4S/c1-4-19-13-6-8-14(9-7-13)20(17,18)15(12(2)3)10-5-11-16/h6-9,12,16H,4-5,10-11H2,1-3H3. The second-order valence-electron chi connectivity index (χ2n) is 4.69. The van der Waals surface area contributed by atoms with Crippen LogP contribution in [0.5, 0.6) is 5.75 Å².